The Labute approximate surface area is 183 Å². The summed E-state index contributed by atoms with van der Waals surface area (Å²) in [6, 6.07) is 16.5. The smallest absolute Gasteiger partial charge is 0.246 e. The van der Waals surface area contributed by atoms with Gasteiger partial charge in [0.25, 0.3) is 0 Å². The van der Waals surface area contributed by atoms with Crippen molar-refractivity contribution in [2.45, 2.75) is 40.2 Å². The zero-order valence-corrected chi connectivity index (χ0v) is 18.5. The molecule has 0 bridgehead atoms. The summed E-state index contributed by atoms with van der Waals surface area (Å²) in [7, 11) is 0. The van der Waals surface area contributed by atoms with E-state index in [0.717, 1.165) is 31.5 Å². The maximum atomic E-state index is 13.3. The van der Waals surface area contributed by atoms with Crippen LogP contribution < -0.4 is 4.90 Å². The van der Waals surface area contributed by atoms with E-state index in [4.69, 9.17) is 4.52 Å². The van der Waals surface area contributed by atoms with Crippen molar-refractivity contribution < 1.29 is 9.32 Å². The van der Waals surface area contributed by atoms with Crippen molar-refractivity contribution >= 4 is 11.6 Å². The molecule has 3 aromatic rings. The molecule has 0 N–H and O–H groups in total. The van der Waals surface area contributed by atoms with Crippen molar-refractivity contribution in [2.24, 2.45) is 5.92 Å². The van der Waals surface area contributed by atoms with Gasteiger partial charge < -0.3 is 14.3 Å². The van der Waals surface area contributed by atoms with Gasteiger partial charge in [-0.3, -0.25) is 4.79 Å². The zero-order chi connectivity index (χ0) is 21.8. The normalized spacial score (nSPS) is 16.4. The average molecular weight is 419 g/mol. The molecular weight excluding hydrogens is 388 g/mol. The molecule has 1 saturated heterocycles. The van der Waals surface area contributed by atoms with Gasteiger partial charge in [-0.25, -0.2) is 0 Å². The maximum absolute atomic E-state index is 13.3. The first kappa shape index (κ1) is 21.1. The summed E-state index contributed by atoms with van der Waals surface area (Å²) in [4.78, 5) is 22.0. The minimum absolute atomic E-state index is 0.0190. The number of hydrogen-bond acceptors (Lipinski definition) is 5. The lowest BCUT2D eigenvalue weighted by molar-refractivity contribution is -0.136. The lowest BCUT2D eigenvalue weighted by Gasteiger charge is -2.35. The van der Waals surface area contributed by atoms with Gasteiger partial charge in [-0.1, -0.05) is 52.7 Å². The van der Waals surface area contributed by atoms with Gasteiger partial charge >= 0.3 is 0 Å². The predicted molar refractivity (Wildman–Crippen MR) is 122 cm³/mol. The SMILES string of the molecule is CCN(Cc1nc(-c2ccc(C)cc2)no1)C(=O)[C@H]1CCCN(c2ccc(C)cc2)C1. The number of rotatable bonds is 6. The van der Waals surface area contributed by atoms with E-state index in [0.29, 0.717) is 24.8 Å². The Balaban J connectivity index is 1.42. The molecule has 4 rings (SSSR count). The molecule has 2 aromatic carbocycles. The first-order chi connectivity index (χ1) is 15.0. The molecule has 0 saturated carbocycles. The van der Waals surface area contributed by atoms with Crippen molar-refractivity contribution in [3.63, 3.8) is 0 Å². The number of anilines is 1. The number of nitrogens with zero attached hydrogens (tertiary/aromatic N) is 4. The first-order valence-electron chi connectivity index (χ1n) is 11.0. The van der Waals surface area contributed by atoms with Gasteiger partial charge in [-0.15, -0.1) is 0 Å². The molecule has 1 atom stereocenters. The Bertz CT molecular complexity index is 1010. The standard InChI is InChI=1S/C25H30N4O2/c1-4-28(17-23-26-24(27-31-23)20-11-7-18(2)8-12-20)25(30)21-6-5-15-29(16-21)22-13-9-19(3)10-14-22/h7-14,21H,4-6,15-17H2,1-3H3/t21-/m0/s1. The Morgan fingerprint density at radius 2 is 1.77 bits per heavy atom. The Kier molecular flexibility index (Phi) is 6.35. The molecule has 31 heavy (non-hydrogen) atoms. The van der Waals surface area contributed by atoms with E-state index in [9.17, 15) is 4.79 Å². The molecule has 0 radical (unpaired) electrons. The second kappa shape index (κ2) is 9.33. The molecule has 0 spiro atoms. The summed E-state index contributed by atoms with van der Waals surface area (Å²) >= 11 is 0. The van der Waals surface area contributed by atoms with Crippen LogP contribution in [0.4, 0.5) is 5.69 Å². The number of piperidine rings is 1. The molecule has 6 nitrogen and oxygen atoms in total. The highest BCUT2D eigenvalue weighted by Crippen LogP contribution is 2.25. The lowest BCUT2D eigenvalue weighted by atomic mass is 9.95. The fourth-order valence-corrected chi connectivity index (χ4v) is 4.07. The number of carbonyl (C=O) groups is 1. The van der Waals surface area contributed by atoms with E-state index in [1.165, 1.54) is 16.8 Å². The van der Waals surface area contributed by atoms with E-state index >= 15 is 0 Å². The lowest BCUT2D eigenvalue weighted by Crippen LogP contribution is -2.44. The van der Waals surface area contributed by atoms with Crippen LogP contribution in [0.5, 0.6) is 0 Å². The van der Waals surface area contributed by atoms with Gasteiger partial charge in [0, 0.05) is 30.9 Å². The third-order valence-corrected chi connectivity index (χ3v) is 5.97. The van der Waals surface area contributed by atoms with Crippen molar-refractivity contribution in [1.82, 2.24) is 15.0 Å². The number of amides is 1. The number of carbonyl (C=O) groups excluding carboxylic acids is 1. The molecule has 162 valence electrons. The third-order valence-electron chi connectivity index (χ3n) is 5.97. The van der Waals surface area contributed by atoms with E-state index in [1.54, 1.807) is 0 Å². The van der Waals surface area contributed by atoms with Gasteiger partial charge in [0.1, 0.15) is 0 Å². The minimum atomic E-state index is -0.0190. The highest BCUT2D eigenvalue weighted by molar-refractivity contribution is 5.79. The molecule has 2 heterocycles. The summed E-state index contributed by atoms with van der Waals surface area (Å²) in [5.74, 6) is 1.17. The van der Waals surface area contributed by atoms with Gasteiger partial charge in [0.05, 0.1) is 12.5 Å². The minimum Gasteiger partial charge on any atom is -0.371 e. The average Bonchev–Trinajstić information content (AvgIpc) is 3.27. The van der Waals surface area contributed by atoms with Crippen LogP contribution in [-0.4, -0.2) is 40.6 Å². The predicted octanol–water partition coefficient (Wildman–Crippen LogP) is 4.62. The Morgan fingerprint density at radius 3 is 2.45 bits per heavy atom. The molecule has 0 aliphatic carbocycles. The van der Waals surface area contributed by atoms with Crippen LogP contribution in [0.15, 0.2) is 53.1 Å². The Hall–Kier alpha value is -3.15. The van der Waals surface area contributed by atoms with E-state index in [1.807, 2.05) is 43.0 Å². The topological polar surface area (TPSA) is 62.5 Å². The number of aryl methyl sites for hydroxylation is 2. The molecular formula is C25H30N4O2. The Morgan fingerprint density at radius 1 is 1.10 bits per heavy atom. The maximum Gasteiger partial charge on any atom is 0.246 e. The fourth-order valence-electron chi connectivity index (χ4n) is 4.07. The van der Waals surface area contributed by atoms with Crippen molar-refractivity contribution in [1.29, 1.82) is 0 Å². The highest BCUT2D eigenvalue weighted by atomic mass is 16.5. The third kappa shape index (κ3) is 4.95. The fraction of sp³-hybridized carbons (Fsp3) is 0.400. The monoisotopic (exact) mass is 418 g/mol. The van der Waals surface area contributed by atoms with Crippen LogP contribution >= 0.6 is 0 Å². The summed E-state index contributed by atoms with van der Waals surface area (Å²) in [5, 5.41) is 4.10. The van der Waals surface area contributed by atoms with E-state index < -0.39 is 0 Å². The number of aromatic nitrogens is 2. The van der Waals surface area contributed by atoms with Crippen LogP contribution in [-0.2, 0) is 11.3 Å². The molecule has 1 aliphatic rings. The van der Waals surface area contributed by atoms with E-state index in [2.05, 4.69) is 46.2 Å². The van der Waals surface area contributed by atoms with Crippen molar-refractivity contribution in [2.75, 3.05) is 24.5 Å². The zero-order valence-electron chi connectivity index (χ0n) is 18.5. The number of hydrogen-bond donors (Lipinski definition) is 0. The largest absolute Gasteiger partial charge is 0.371 e. The van der Waals surface area contributed by atoms with E-state index in [-0.39, 0.29) is 11.8 Å². The molecule has 1 aliphatic heterocycles. The molecule has 0 unspecified atom stereocenters. The number of benzene rings is 2. The highest BCUT2D eigenvalue weighted by Gasteiger charge is 2.30. The second-order valence-corrected chi connectivity index (χ2v) is 8.35. The first-order valence-corrected chi connectivity index (χ1v) is 11.0. The summed E-state index contributed by atoms with van der Waals surface area (Å²) in [6.07, 6.45) is 1.93. The molecule has 1 amide bonds. The summed E-state index contributed by atoms with van der Waals surface area (Å²) in [5.41, 5.74) is 4.53. The molecule has 6 heteroatoms. The van der Waals surface area contributed by atoms with Crippen molar-refractivity contribution in [3.8, 4) is 11.4 Å². The van der Waals surface area contributed by atoms with Crippen LogP contribution in [0.25, 0.3) is 11.4 Å². The van der Waals surface area contributed by atoms with Gasteiger partial charge in [0.2, 0.25) is 17.6 Å². The van der Waals surface area contributed by atoms with Gasteiger partial charge in [0.15, 0.2) is 0 Å². The van der Waals surface area contributed by atoms with Gasteiger partial charge in [-0.2, -0.15) is 4.98 Å². The summed E-state index contributed by atoms with van der Waals surface area (Å²) in [6.45, 7) is 8.82. The van der Waals surface area contributed by atoms with Crippen molar-refractivity contribution in [3.05, 3.63) is 65.5 Å². The van der Waals surface area contributed by atoms with Gasteiger partial charge in [-0.05, 0) is 45.7 Å². The summed E-state index contributed by atoms with van der Waals surface area (Å²) < 4.78 is 5.46. The van der Waals surface area contributed by atoms with Crippen LogP contribution in [0.1, 0.15) is 36.8 Å². The van der Waals surface area contributed by atoms with Crippen LogP contribution in [0.2, 0.25) is 0 Å². The molecule has 1 fully saturated rings. The second-order valence-electron chi connectivity index (χ2n) is 8.35. The quantitative estimate of drug-likeness (QED) is 0.585. The van der Waals surface area contributed by atoms with Crippen LogP contribution in [0.3, 0.4) is 0 Å². The molecule has 1 aromatic heterocycles. The van der Waals surface area contributed by atoms with Crippen LogP contribution in [0, 0.1) is 19.8 Å².